The average Bonchev–Trinajstić information content (AvgIpc) is 3.15. The molecule has 0 unspecified atom stereocenters. The zero-order valence-electron chi connectivity index (χ0n) is 28.5. The van der Waals surface area contributed by atoms with E-state index in [-0.39, 0.29) is 33.3 Å². The zero-order valence-corrected chi connectivity index (χ0v) is 28.5. The third kappa shape index (κ3) is 5.56. The predicted octanol–water partition coefficient (Wildman–Crippen LogP) is 8.97. The van der Waals surface area contributed by atoms with E-state index in [1.54, 1.807) is 24.3 Å². The second-order valence-corrected chi connectivity index (χ2v) is 13.1. The number of nitrogens with zero attached hydrogens (tertiary/aromatic N) is 2. The number of hydrogen-bond acceptors (Lipinski definition) is 8. The lowest BCUT2D eigenvalue weighted by molar-refractivity contribution is -0.383. The van der Waals surface area contributed by atoms with E-state index in [9.17, 15) is 40.0 Å². The molecular weight excluding hydrogens is 668 g/mol. The summed E-state index contributed by atoms with van der Waals surface area (Å²) in [7, 11) is 3.04. The number of carbonyl (C=O) groups is 2. The SMILES string of the molecule is COc1cccc2c1cc([N+](=O)[O-])c1c(C(=O)O)cc3c(c12)CCCC3.COc1cccc2c1cc([N+](=O)[O-])c1c(C(=O)O)cc3c(c12)CCCC3. The predicted molar refractivity (Wildman–Crippen MR) is 197 cm³/mol. The van der Waals surface area contributed by atoms with Crippen LogP contribution in [0.1, 0.15) is 68.7 Å². The molecule has 0 radical (unpaired) electrons. The Bertz CT molecular complexity index is 2350. The van der Waals surface area contributed by atoms with E-state index in [1.165, 1.54) is 26.4 Å². The minimum atomic E-state index is -1.14. The highest BCUT2D eigenvalue weighted by molar-refractivity contribution is 6.21. The van der Waals surface area contributed by atoms with Gasteiger partial charge in [-0.05, 0) is 109 Å². The largest absolute Gasteiger partial charge is 0.496 e. The number of aromatic carboxylic acids is 2. The number of carboxylic acid groups (broad SMARTS) is 2. The Labute approximate surface area is 296 Å². The van der Waals surface area contributed by atoms with E-state index in [2.05, 4.69) is 0 Å². The smallest absolute Gasteiger partial charge is 0.336 e. The summed E-state index contributed by atoms with van der Waals surface area (Å²) in [5.74, 6) is -1.21. The molecule has 6 aromatic rings. The van der Waals surface area contributed by atoms with Crippen molar-refractivity contribution in [3.63, 3.8) is 0 Å². The van der Waals surface area contributed by atoms with Crippen LogP contribution in [0.5, 0.6) is 11.5 Å². The molecule has 0 heterocycles. The number of nitro groups is 2. The molecule has 2 aliphatic carbocycles. The van der Waals surface area contributed by atoms with Gasteiger partial charge in [0.2, 0.25) is 0 Å². The van der Waals surface area contributed by atoms with Crippen LogP contribution in [0.3, 0.4) is 0 Å². The van der Waals surface area contributed by atoms with Gasteiger partial charge in [-0.25, -0.2) is 9.59 Å². The van der Waals surface area contributed by atoms with Gasteiger partial charge in [0.15, 0.2) is 0 Å². The Morgan fingerprint density at radius 3 is 1.31 bits per heavy atom. The van der Waals surface area contributed by atoms with Crippen LogP contribution in [0.25, 0.3) is 43.1 Å². The van der Waals surface area contributed by atoms with E-state index in [4.69, 9.17) is 9.47 Å². The third-order valence-electron chi connectivity index (χ3n) is 10.3. The van der Waals surface area contributed by atoms with Crippen LogP contribution >= 0.6 is 0 Å². The molecule has 2 N–H and O–H groups in total. The summed E-state index contributed by atoms with van der Waals surface area (Å²) in [6, 6.07) is 17.0. The number of fused-ring (bicyclic) bond motifs is 10. The highest BCUT2D eigenvalue weighted by Gasteiger charge is 2.29. The Hall–Kier alpha value is -6.30. The molecule has 264 valence electrons. The number of benzene rings is 6. The maximum atomic E-state index is 11.9. The standard InChI is InChI=1S/2C20H17NO5/c2*1-26-17-8-4-7-13-14(17)10-16(21(24)25)19-15(20(22)23)9-11-5-2-3-6-12(11)18(13)19/h2*4,7-10H,2-3,5-6H2,1H3,(H,22,23). The van der Waals surface area contributed by atoms with E-state index in [0.717, 1.165) is 84.4 Å². The van der Waals surface area contributed by atoms with Crippen molar-refractivity contribution >= 4 is 66.4 Å². The third-order valence-corrected chi connectivity index (χ3v) is 10.3. The fourth-order valence-electron chi connectivity index (χ4n) is 8.16. The molecule has 0 atom stereocenters. The maximum absolute atomic E-state index is 11.9. The number of carboxylic acids is 2. The number of non-ortho nitro benzene ring substituents is 2. The van der Waals surface area contributed by atoms with Crippen LogP contribution in [0.4, 0.5) is 11.4 Å². The minimum Gasteiger partial charge on any atom is -0.496 e. The average molecular weight is 703 g/mol. The van der Waals surface area contributed by atoms with Crippen molar-refractivity contribution in [2.45, 2.75) is 51.4 Å². The molecule has 0 spiro atoms. The van der Waals surface area contributed by atoms with Gasteiger partial charge in [-0.1, -0.05) is 24.3 Å². The van der Waals surface area contributed by atoms with Gasteiger partial charge in [-0.15, -0.1) is 0 Å². The van der Waals surface area contributed by atoms with Crippen LogP contribution in [0.15, 0.2) is 60.7 Å². The van der Waals surface area contributed by atoms with Crippen molar-refractivity contribution in [1.29, 1.82) is 0 Å². The van der Waals surface area contributed by atoms with E-state index in [0.29, 0.717) is 33.0 Å². The molecule has 0 bridgehead atoms. The van der Waals surface area contributed by atoms with Gasteiger partial charge in [-0.2, -0.15) is 0 Å². The first kappa shape index (κ1) is 34.2. The molecule has 12 nitrogen and oxygen atoms in total. The van der Waals surface area contributed by atoms with Crippen molar-refractivity contribution in [2.24, 2.45) is 0 Å². The fourth-order valence-corrected chi connectivity index (χ4v) is 8.16. The van der Waals surface area contributed by atoms with E-state index >= 15 is 0 Å². The Balaban J connectivity index is 0.000000162. The van der Waals surface area contributed by atoms with Crippen molar-refractivity contribution in [3.05, 3.63) is 114 Å². The number of nitro benzene ring substituents is 2. The topological polar surface area (TPSA) is 179 Å². The molecule has 12 heteroatoms. The summed E-state index contributed by atoms with van der Waals surface area (Å²) >= 11 is 0. The highest BCUT2D eigenvalue weighted by atomic mass is 16.6. The molecule has 0 aromatic heterocycles. The Morgan fingerprint density at radius 2 is 0.962 bits per heavy atom. The molecule has 0 saturated heterocycles. The number of hydrogen-bond donors (Lipinski definition) is 2. The van der Waals surface area contributed by atoms with Gasteiger partial charge in [0.25, 0.3) is 11.4 Å². The summed E-state index contributed by atoms with van der Waals surface area (Å²) in [6.45, 7) is 0. The molecule has 2 aliphatic rings. The molecule has 6 aromatic carbocycles. The summed E-state index contributed by atoms with van der Waals surface area (Å²) in [5, 5.41) is 47.6. The second-order valence-electron chi connectivity index (χ2n) is 13.1. The first-order chi connectivity index (χ1) is 25.0. The van der Waals surface area contributed by atoms with Crippen molar-refractivity contribution in [3.8, 4) is 11.5 Å². The van der Waals surface area contributed by atoms with E-state index < -0.39 is 21.8 Å². The second kappa shape index (κ2) is 13.4. The van der Waals surface area contributed by atoms with Gasteiger partial charge in [0.1, 0.15) is 11.5 Å². The quantitative estimate of drug-likeness (QED) is 0.0966. The molecule has 52 heavy (non-hydrogen) atoms. The molecular formula is C40H34N2O10. The molecule has 0 fully saturated rings. The number of aryl methyl sites for hydroxylation is 4. The maximum Gasteiger partial charge on any atom is 0.336 e. The summed E-state index contributed by atoms with van der Waals surface area (Å²) in [6.07, 6.45) is 7.13. The van der Waals surface area contributed by atoms with Gasteiger partial charge in [0.05, 0.1) is 46.0 Å². The first-order valence-electron chi connectivity index (χ1n) is 17.0. The van der Waals surface area contributed by atoms with Crippen LogP contribution in [0, 0.1) is 20.2 Å². The highest BCUT2D eigenvalue weighted by Crippen LogP contribution is 2.45. The van der Waals surface area contributed by atoms with Gasteiger partial charge < -0.3 is 19.7 Å². The molecule has 0 amide bonds. The summed E-state index contributed by atoms with van der Waals surface area (Å²) in [4.78, 5) is 46.3. The number of ether oxygens (including phenoxy) is 2. The normalized spacial score (nSPS) is 13.6. The lowest BCUT2D eigenvalue weighted by atomic mass is 9.83. The minimum absolute atomic E-state index is 0.00271. The van der Waals surface area contributed by atoms with Gasteiger partial charge in [-0.3, -0.25) is 20.2 Å². The van der Waals surface area contributed by atoms with Gasteiger partial charge in [0, 0.05) is 33.7 Å². The van der Waals surface area contributed by atoms with Crippen LogP contribution in [-0.2, 0) is 25.7 Å². The van der Waals surface area contributed by atoms with Crippen molar-refractivity contribution in [1.82, 2.24) is 0 Å². The molecule has 8 rings (SSSR count). The number of methoxy groups -OCH3 is 2. The van der Waals surface area contributed by atoms with Crippen LogP contribution in [-0.4, -0.2) is 46.2 Å². The van der Waals surface area contributed by atoms with Gasteiger partial charge >= 0.3 is 11.9 Å². The lowest BCUT2D eigenvalue weighted by Gasteiger charge is -2.21. The monoisotopic (exact) mass is 702 g/mol. The fraction of sp³-hybridized carbons (Fsp3) is 0.250. The molecule has 0 aliphatic heterocycles. The first-order valence-corrected chi connectivity index (χ1v) is 17.0. The van der Waals surface area contributed by atoms with Crippen LogP contribution < -0.4 is 9.47 Å². The zero-order chi connectivity index (χ0) is 36.8. The van der Waals surface area contributed by atoms with E-state index in [1.807, 2.05) is 24.3 Å². The number of rotatable bonds is 6. The van der Waals surface area contributed by atoms with Crippen molar-refractivity contribution < 1.29 is 39.1 Å². The summed E-state index contributed by atoms with van der Waals surface area (Å²) in [5.41, 5.74) is 3.62. The van der Waals surface area contributed by atoms with Crippen molar-refractivity contribution in [2.75, 3.05) is 14.2 Å². The summed E-state index contributed by atoms with van der Waals surface area (Å²) < 4.78 is 10.8. The lowest BCUT2D eigenvalue weighted by Crippen LogP contribution is -2.09. The van der Waals surface area contributed by atoms with Crippen LogP contribution in [0.2, 0.25) is 0 Å². The Morgan fingerprint density at radius 1 is 0.577 bits per heavy atom. The Kier molecular flexibility index (Phi) is 8.83. The molecule has 0 saturated carbocycles.